The van der Waals surface area contributed by atoms with Crippen molar-refractivity contribution >= 4 is 35.0 Å². The Balaban J connectivity index is 1.30. The predicted molar refractivity (Wildman–Crippen MR) is 168 cm³/mol. The van der Waals surface area contributed by atoms with Crippen molar-refractivity contribution < 1.29 is 0 Å². The normalized spacial score (nSPS) is 20.9. The second kappa shape index (κ2) is 10.2. The molecule has 4 aromatic rings. The number of fused-ring (bicyclic) bond motifs is 2. The first-order valence-electron chi connectivity index (χ1n) is 14.7. The second-order valence-corrected chi connectivity index (χ2v) is 12.5. The Hall–Kier alpha value is -4.13. The van der Waals surface area contributed by atoms with Crippen molar-refractivity contribution in [2.24, 2.45) is 5.92 Å². The van der Waals surface area contributed by atoms with Gasteiger partial charge in [0, 0.05) is 62.5 Å². The molecule has 216 valence electrons. The van der Waals surface area contributed by atoms with Crippen LogP contribution in [0, 0.1) is 18.3 Å². The van der Waals surface area contributed by atoms with Crippen molar-refractivity contribution in [1.29, 1.82) is 0 Å². The SMILES string of the molecule is C#Cc1nccc(N2CCC3Cn4c(nc(-c5ccc(Cl)c(Cl)c5)c4-c4ccnc(NC5CC5)n4)C4CCN(C)C2=C34)n1. The van der Waals surface area contributed by atoms with E-state index in [2.05, 4.69) is 47.6 Å². The van der Waals surface area contributed by atoms with Crippen LogP contribution in [0.1, 0.15) is 43.3 Å². The molecular formula is C32H29Cl2N9. The number of anilines is 2. The molecule has 1 aliphatic carbocycles. The Labute approximate surface area is 260 Å². The molecule has 0 radical (unpaired) electrons. The van der Waals surface area contributed by atoms with Gasteiger partial charge >= 0.3 is 0 Å². The molecule has 1 fully saturated rings. The van der Waals surface area contributed by atoms with Crippen LogP contribution in [0.4, 0.5) is 11.8 Å². The van der Waals surface area contributed by atoms with E-state index in [0.717, 1.165) is 79.6 Å². The highest BCUT2D eigenvalue weighted by Gasteiger charge is 2.45. The van der Waals surface area contributed by atoms with Crippen LogP contribution >= 0.6 is 23.2 Å². The van der Waals surface area contributed by atoms with Crippen LogP contribution in [-0.4, -0.2) is 60.6 Å². The molecule has 3 aliphatic heterocycles. The first kappa shape index (κ1) is 26.5. The van der Waals surface area contributed by atoms with Gasteiger partial charge in [-0.3, -0.25) is 0 Å². The van der Waals surface area contributed by atoms with E-state index in [4.69, 9.17) is 39.6 Å². The maximum absolute atomic E-state index is 6.53. The molecule has 1 N–H and O–H groups in total. The highest BCUT2D eigenvalue weighted by molar-refractivity contribution is 6.42. The van der Waals surface area contributed by atoms with Gasteiger partial charge in [-0.15, -0.1) is 6.42 Å². The summed E-state index contributed by atoms with van der Waals surface area (Å²) in [5, 5.41) is 4.47. The van der Waals surface area contributed by atoms with Crippen LogP contribution in [0.25, 0.3) is 22.6 Å². The van der Waals surface area contributed by atoms with Gasteiger partial charge in [0.1, 0.15) is 17.5 Å². The van der Waals surface area contributed by atoms with Gasteiger partial charge < -0.3 is 19.7 Å². The molecule has 11 heteroatoms. The summed E-state index contributed by atoms with van der Waals surface area (Å²) in [5.41, 5.74) is 5.03. The minimum atomic E-state index is 0.155. The fourth-order valence-electron chi connectivity index (χ4n) is 6.80. The van der Waals surface area contributed by atoms with Crippen LogP contribution in [-0.2, 0) is 6.54 Å². The fourth-order valence-corrected chi connectivity index (χ4v) is 7.10. The Morgan fingerprint density at radius 2 is 1.81 bits per heavy atom. The lowest BCUT2D eigenvalue weighted by Gasteiger charge is -2.48. The molecule has 2 unspecified atom stereocenters. The third-order valence-corrected chi connectivity index (χ3v) is 9.64. The van der Waals surface area contributed by atoms with Crippen molar-refractivity contribution in [3.8, 4) is 35.0 Å². The molecule has 3 aromatic heterocycles. The molecule has 1 aromatic carbocycles. The van der Waals surface area contributed by atoms with E-state index in [1.54, 1.807) is 6.20 Å². The number of imidazole rings is 1. The van der Waals surface area contributed by atoms with Crippen LogP contribution in [0.2, 0.25) is 10.0 Å². The summed E-state index contributed by atoms with van der Waals surface area (Å²) >= 11 is 12.9. The summed E-state index contributed by atoms with van der Waals surface area (Å²) in [6.45, 7) is 2.54. The number of benzene rings is 1. The third-order valence-electron chi connectivity index (χ3n) is 8.91. The lowest BCUT2D eigenvalue weighted by molar-refractivity contribution is 0.268. The lowest BCUT2D eigenvalue weighted by atomic mass is 9.76. The number of halogens is 2. The van der Waals surface area contributed by atoms with E-state index in [-0.39, 0.29) is 5.92 Å². The Bertz CT molecular complexity index is 1840. The summed E-state index contributed by atoms with van der Waals surface area (Å²) in [6.07, 6.45) is 13.5. The molecular weight excluding hydrogens is 581 g/mol. The first-order chi connectivity index (χ1) is 21.0. The van der Waals surface area contributed by atoms with Crippen LogP contribution in [0.5, 0.6) is 0 Å². The Morgan fingerprint density at radius 1 is 0.953 bits per heavy atom. The van der Waals surface area contributed by atoms with Gasteiger partial charge in [0.05, 0.1) is 27.1 Å². The van der Waals surface area contributed by atoms with E-state index < -0.39 is 0 Å². The van der Waals surface area contributed by atoms with Crippen molar-refractivity contribution in [3.63, 3.8) is 0 Å². The van der Waals surface area contributed by atoms with Gasteiger partial charge in [-0.05, 0) is 61.4 Å². The van der Waals surface area contributed by atoms with Crippen molar-refractivity contribution in [2.45, 2.75) is 44.2 Å². The summed E-state index contributed by atoms with van der Waals surface area (Å²) in [6, 6.07) is 10.1. The molecule has 0 spiro atoms. The van der Waals surface area contributed by atoms with Crippen LogP contribution in [0.15, 0.2) is 54.1 Å². The summed E-state index contributed by atoms with van der Waals surface area (Å²) in [5.74, 6) is 7.23. The van der Waals surface area contributed by atoms with E-state index in [0.29, 0.717) is 33.8 Å². The monoisotopic (exact) mass is 609 g/mol. The minimum absolute atomic E-state index is 0.155. The van der Waals surface area contributed by atoms with E-state index in [1.165, 1.54) is 11.4 Å². The molecule has 0 amide bonds. The number of hydrogen-bond donors (Lipinski definition) is 1. The van der Waals surface area contributed by atoms with Crippen LogP contribution in [0.3, 0.4) is 0 Å². The quantitative estimate of drug-likeness (QED) is 0.283. The molecule has 4 aliphatic rings. The zero-order valence-electron chi connectivity index (χ0n) is 23.6. The minimum Gasteiger partial charge on any atom is -0.361 e. The van der Waals surface area contributed by atoms with Gasteiger partial charge in [0.15, 0.2) is 0 Å². The first-order valence-corrected chi connectivity index (χ1v) is 15.4. The molecule has 2 atom stereocenters. The maximum Gasteiger partial charge on any atom is 0.223 e. The molecule has 0 saturated heterocycles. The summed E-state index contributed by atoms with van der Waals surface area (Å²) in [7, 11) is 2.17. The molecule has 1 saturated carbocycles. The molecule has 9 nitrogen and oxygen atoms in total. The molecule has 6 heterocycles. The zero-order chi connectivity index (χ0) is 29.2. The standard InChI is InChI=1S/C32H29Cl2N9/c1-3-25-35-13-9-26(39-25)42-15-10-19-17-43-29(24-8-12-36-32(38-24)37-20-5-6-20)28(18-4-7-22(33)23(34)16-18)40-30(43)21-11-14-41(2)31(42)27(19)21/h1,4,7-9,12-13,16,19-21H,5-6,10-11,14-15,17H2,2H3,(H,36,37,38). The van der Waals surface area contributed by atoms with Gasteiger partial charge in [-0.25, -0.2) is 24.9 Å². The summed E-state index contributed by atoms with van der Waals surface area (Å²) < 4.78 is 2.40. The molecule has 8 rings (SSSR count). The number of aromatic nitrogens is 6. The predicted octanol–water partition coefficient (Wildman–Crippen LogP) is 5.83. The van der Waals surface area contributed by atoms with Crippen molar-refractivity contribution in [3.05, 3.63) is 75.8 Å². The smallest absolute Gasteiger partial charge is 0.223 e. The molecule has 43 heavy (non-hydrogen) atoms. The number of terminal acetylenes is 1. The topological polar surface area (TPSA) is 87.9 Å². The second-order valence-electron chi connectivity index (χ2n) is 11.7. The number of nitrogens with zero attached hydrogens (tertiary/aromatic N) is 8. The lowest BCUT2D eigenvalue weighted by Crippen LogP contribution is -2.48. The maximum atomic E-state index is 6.53. The van der Waals surface area contributed by atoms with Gasteiger partial charge in [-0.2, -0.15) is 0 Å². The average Bonchev–Trinajstić information content (AvgIpc) is 3.76. The Morgan fingerprint density at radius 3 is 2.63 bits per heavy atom. The summed E-state index contributed by atoms with van der Waals surface area (Å²) in [4.78, 5) is 28.5. The average molecular weight is 611 g/mol. The number of rotatable bonds is 5. The van der Waals surface area contributed by atoms with Gasteiger partial charge in [0.2, 0.25) is 11.8 Å². The number of nitrogens with one attached hydrogen (secondary N) is 1. The number of allylic oxidation sites excluding steroid dienone is 1. The van der Waals surface area contributed by atoms with Crippen LogP contribution < -0.4 is 10.2 Å². The highest BCUT2D eigenvalue weighted by atomic mass is 35.5. The highest BCUT2D eigenvalue weighted by Crippen LogP contribution is 2.50. The van der Waals surface area contributed by atoms with Crippen molar-refractivity contribution in [1.82, 2.24) is 34.4 Å². The molecule has 0 bridgehead atoms. The number of hydrogen-bond acceptors (Lipinski definition) is 8. The van der Waals surface area contributed by atoms with Crippen molar-refractivity contribution in [2.75, 3.05) is 30.4 Å². The zero-order valence-corrected chi connectivity index (χ0v) is 25.1. The van der Waals surface area contributed by atoms with Gasteiger partial charge in [0.25, 0.3) is 0 Å². The fraction of sp³-hybridized carbons (Fsp3) is 0.344. The van der Waals surface area contributed by atoms with E-state index in [1.807, 2.05) is 36.5 Å². The largest absolute Gasteiger partial charge is 0.361 e. The van der Waals surface area contributed by atoms with Gasteiger partial charge in [-0.1, -0.05) is 29.3 Å². The Kier molecular flexibility index (Phi) is 6.32. The van der Waals surface area contributed by atoms with E-state index in [9.17, 15) is 0 Å². The third kappa shape index (κ3) is 4.52. The van der Waals surface area contributed by atoms with E-state index >= 15 is 0 Å².